The minimum atomic E-state index is 0.149. The Labute approximate surface area is 128 Å². The van der Waals surface area contributed by atoms with Crippen LogP contribution >= 0.6 is 11.3 Å². The molecule has 0 radical (unpaired) electrons. The Kier molecular flexibility index (Phi) is 6.46. The van der Waals surface area contributed by atoms with Crippen molar-refractivity contribution in [3.05, 3.63) is 10.6 Å². The summed E-state index contributed by atoms with van der Waals surface area (Å²) >= 11 is 1.85. The number of nitrogens with one attached hydrogen (secondary N) is 1. The third-order valence-electron chi connectivity index (χ3n) is 3.59. The summed E-state index contributed by atoms with van der Waals surface area (Å²) in [5.74, 6) is 0. The molecule has 0 aliphatic carbocycles. The molecule has 0 bridgehead atoms. The number of hydrogen-bond acceptors (Lipinski definition) is 4. The van der Waals surface area contributed by atoms with Gasteiger partial charge in [-0.3, -0.25) is 0 Å². The van der Waals surface area contributed by atoms with Gasteiger partial charge in [-0.2, -0.15) is 0 Å². The number of rotatable bonds is 7. The molecule has 1 atom stereocenters. The first-order valence-electron chi connectivity index (χ1n) is 7.82. The zero-order valence-electron chi connectivity index (χ0n) is 14.2. The third-order valence-corrected chi connectivity index (χ3v) is 4.73. The van der Waals surface area contributed by atoms with E-state index in [4.69, 9.17) is 4.98 Å². The van der Waals surface area contributed by atoms with E-state index in [0.717, 1.165) is 25.9 Å². The van der Waals surface area contributed by atoms with Gasteiger partial charge in [-0.15, -0.1) is 11.3 Å². The lowest BCUT2D eigenvalue weighted by Crippen LogP contribution is -2.35. The minimum Gasteiger partial charge on any atom is -0.346 e. The Hall–Kier alpha value is -0.610. The lowest BCUT2D eigenvalue weighted by atomic mass is 10.1. The SMILES string of the molecule is CCc1nc(N(CC)C(C)CC)sc1CNC(C)(C)C. The van der Waals surface area contributed by atoms with Gasteiger partial charge in [0, 0.05) is 29.5 Å². The second-order valence-corrected chi connectivity index (χ2v) is 7.43. The zero-order valence-corrected chi connectivity index (χ0v) is 15.0. The van der Waals surface area contributed by atoms with Crippen LogP contribution in [0.4, 0.5) is 5.13 Å². The van der Waals surface area contributed by atoms with Crippen molar-refractivity contribution in [2.45, 2.75) is 79.4 Å². The summed E-state index contributed by atoms with van der Waals surface area (Å²) in [5, 5.41) is 4.76. The number of nitrogens with zero attached hydrogens (tertiary/aromatic N) is 2. The molecule has 116 valence electrons. The van der Waals surface area contributed by atoms with E-state index in [2.05, 4.69) is 58.7 Å². The van der Waals surface area contributed by atoms with Crippen LogP contribution in [0, 0.1) is 0 Å². The highest BCUT2D eigenvalue weighted by atomic mass is 32.1. The highest BCUT2D eigenvalue weighted by Gasteiger charge is 2.19. The maximum Gasteiger partial charge on any atom is 0.186 e. The molecule has 1 aromatic rings. The average molecular weight is 298 g/mol. The molecular formula is C16H31N3S. The molecule has 1 heterocycles. The van der Waals surface area contributed by atoms with Crippen molar-refractivity contribution in [1.29, 1.82) is 0 Å². The highest BCUT2D eigenvalue weighted by molar-refractivity contribution is 7.15. The van der Waals surface area contributed by atoms with Gasteiger partial charge in [-0.1, -0.05) is 13.8 Å². The van der Waals surface area contributed by atoms with Gasteiger partial charge < -0.3 is 10.2 Å². The molecule has 0 aliphatic heterocycles. The Balaban J connectivity index is 2.92. The quantitative estimate of drug-likeness (QED) is 0.817. The predicted molar refractivity (Wildman–Crippen MR) is 90.9 cm³/mol. The number of hydrogen-bond donors (Lipinski definition) is 1. The van der Waals surface area contributed by atoms with Gasteiger partial charge >= 0.3 is 0 Å². The van der Waals surface area contributed by atoms with Gasteiger partial charge in [0.15, 0.2) is 5.13 Å². The van der Waals surface area contributed by atoms with Crippen molar-refractivity contribution in [3.8, 4) is 0 Å². The number of aryl methyl sites for hydroxylation is 1. The van der Waals surface area contributed by atoms with Crippen LogP contribution in [0.25, 0.3) is 0 Å². The van der Waals surface area contributed by atoms with Crippen molar-refractivity contribution in [1.82, 2.24) is 10.3 Å². The first-order chi connectivity index (χ1) is 9.32. The van der Waals surface area contributed by atoms with E-state index in [1.54, 1.807) is 0 Å². The highest BCUT2D eigenvalue weighted by Crippen LogP contribution is 2.29. The largest absolute Gasteiger partial charge is 0.346 e. The van der Waals surface area contributed by atoms with E-state index in [-0.39, 0.29) is 5.54 Å². The number of aromatic nitrogens is 1. The molecule has 4 heteroatoms. The van der Waals surface area contributed by atoms with Gasteiger partial charge in [-0.05, 0) is 47.5 Å². The van der Waals surface area contributed by atoms with Crippen LogP contribution in [0.1, 0.15) is 65.5 Å². The van der Waals surface area contributed by atoms with E-state index in [1.807, 2.05) is 11.3 Å². The second-order valence-electron chi connectivity index (χ2n) is 6.37. The molecule has 0 saturated carbocycles. The molecule has 0 aliphatic rings. The van der Waals surface area contributed by atoms with Gasteiger partial charge in [-0.25, -0.2) is 4.98 Å². The average Bonchev–Trinajstić information content (AvgIpc) is 2.79. The molecule has 0 saturated heterocycles. The maximum atomic E-state index is 4.87. The lowest BCUT2D eigenvalue weighted by Gasteiger charge is -2.26. The Morgan fingerprint density at radius 2 is 1.90 bits per heavy atom. The molecule has 0 spiro atoms. The summed E-state index contributed by atoms with van der Waals surface area (Å²) in [4.78, 5) is 8.68. The summed E-state index contributed by atoms with van der Waals surface area (Å²) < 4.78 is 0. The summed E-state index contributed by atoms with van der Waals surface area (Å²) in [6.45, 7) is 17.5. The van der Waals surface area contributed by atoms with E-state index in [9.17, 15) is 0 Å². The molecule has 0 fully saturated rings. The van der Waals surface area contributed by atoms with Crippen LogP contribution in [0.5, 0.6) is 0 Å². The standard InChI is InChI=1S/C16H31N3S/c1-8-12(4)19(10-3)15-18-13(9-2)14(20-15)11-17-16(5,6)7/h12,17H,8-11H2,1-7H3. The molecule has 1 aromatic heterocycles. The first-order valence-corrected chi connectivity index (χ1v) is 8.64. The number of anilines is 1. The zero-order chi connectivity index (χ0) is 15.3. The smallest absolute Gasteiger partial charge is 0.186 e. The summed E-state index contributed by atoms with van der Waals surface area (Å²) in [6.07, 6.45) is 2.17. The molecule has 20 heavy (non-hydrogen) atoms. The lowest BCUT2D eigenvalue weighted by molar-refractivity contribution is 0.425. The number of thiazole rings is 1. The summed E-state index contributed by atoms with van der Waals surface area (Å²) in [5.41, 5.74) is 1.40. The van der Waals surface area contributed by atoms with E-state index >= 15 is 0 Å². The van der Waals surface area contributed by atoms with Crippen molar-refractivity contribution >= 4 is 16.5 Å². The van der Waals surface area contributed by atoms with Crippen LogP contribution in [0.15, 0.2) is 0 Å². The van der Waals surface area contributed by atoms with Crippen molar-refractivity contribution < 1.29 is 0 Å². The third kappa shape index (κ3) is 4.74. The molecular weight excluding hydrogens is 266 g/mol. The van der Waals surface area contributed by atoms with Crippen LogP contribution in [-0.4, -0.2) is 23.1 Å². The van der Waals surface area contributed by atoms with Crippen LogP contribution in [-0.2, 0) is 13.0 Å². The van der Waals surface area contributed by atoms with E-state index in [1.165, 1.54) is 15.7 Å². The molecule has 1 rings (SSSR count). The van der Waals surface area contributed by atoms with Crippen LogP contribution in [0.2, 0.25) is 0 Å². The topological polar surface area (TPSA) is 28.2 Å². The Morgan fingerprint density at radius 1 is 1.25 bits per heavy atom. The summed E-state index contributed by atoms with van der Waals surface area (Å²) in [7, 11) is 0. The van der Waals surface area contributed by atoms with Crippen LogP contribution in [0.3, 0.4) is 0 Å². The van der Waals surface area contributed by atoms with Crippen LogP contribution < -0.4 is 10.2 Å². The summed E-state index contributed by atoms with van der Waals surface area (Å²) in [6, 6.07) is 0.555. The fraction of sp³-hybridized carbons (Fsp3) is 0.812. The van der Waals surface area contributed by atoms with Gasteiger partial charge in [0.25, 0.3) is 0 Å². The fourth-order valence-corrected chi connectivity index (χ4v) is 3.36. The van der Waals surface area contributed by atoms with Gasteiger partial charge in [0.05, 0.1) is 5.69 Å². The van der Waals surface area contributed by atoms with Crippen molar-refractivity contribution in [2.75, 3.05) is 11.4 Å². The van der Waals surface area contributed by atoms with Gasteiger partial charge in [0.1, 0.15) is 0 Å². The molecule has 1 N–H and O–H groups in total. The van der Waals surface area contributed by atoms with Crippen molar-refractivity contribution in [3.63, 3.8) is 0 Å². The minimum absolute atomic E-state index is 0.149. The van der Waals surface area contributed by atoms with E-state index < -0.39 is 0 Å². The maximum absolute atomic E-state index is 4.87. The first kappa shape index (κ1) is 17.4. The molecule has 0 amide bonds. The normalized spacial score (nSPS) is 13.6. The molecule has 3 nitrogen and oxygen atoms in total. The van der Waals surface area contributed by atoms with E-state index in [0.29, 0.717) is 6.04 Å². The fourth-order valence-electron chi connectivity index (χ4n) is 2.11. The van der Waals surface area contributed by atoms with Gasteiger partial charge in [0.2, 0.25) is 0 Å². The monoisotopic (exact) mass is 297 g/mol. The second kappa shape index (κ2) is 7.41. The molecule has 1 unspecified atom stereocenters. The Morgan fingerprint density at radius 3 is 2.35 bits per heavy atom. The van der Waals surface area contributed by atoms with Crippen molar-refractivity contribution in [2.24, 2.45) is 0 Å². The Bertz CT molecular complexity index is 406. The molecule has 0 aromatic carbocycles. The predicted octanol–water partition coefficient (Wildman–Crippen LogP) is 4.22.